The van der Waals surface area contributed by atoms with Gasteiger partial charge in [-0.25, -0.2) is 4.39 Å². The van der Waals surface area contributed by atoms with Crippen molar-refractivity contribution in [2.75, 3.05) is 0 Å². The molecule has 1 heterocycles. The molecule has 28 heavy (non-hydrogen) atoms. The second kappa shape index (κ2) is 6.81. The lowest BCUT2D eigenvalue weighted by Crippen LogP contribution is -2.11. The Morgan fingerprint density at radius 3 is 2.43 bits per heavy atom. The van der Waals surface area contributed by atoms with Crippen molar-refractivity contribution >= 4 is 33.7 Å². The number of ether oxygens (including phenoxy) is 1. The molecule has 1 amide bonds. The monoisotopic (exact) mass is 376 g/mol. The molecule has 0 saturated carbocycles. The molecule has 3 aromatic carbocycles. The molecule has 0 aliphatic rings. The van der Waals surface area contributed by atoms with Crippen LogP contribution >= 0.6 is 0 Å². The molecule has 1 aromatic heterocycles. The van der Waals surface area contributed by atoms with E-state index in [-0.39, 0.29) is 16.8 Å². The zero-order valence-corrected chi connectivity index (χ0v) is 15.1. The van der Waals surface area contributed by atoms with Gasteiger partial charge in [0.15, 0.2) is 0 Å². The van der Waals surface area contributed by atoms with E-state index in [1.807, 2.05) is 30.3 Å². The number of amides is 1. The summed E-state index contributed by atoms with van der Waals surface area (Å²) in [7, 11) is 0. The molecule has 0 spiro atoms. The van der Waals surface area contributed by atoms with Gasteiger partial charge in [0.25, 0.3) is 0 Å². The van der Waals surface area contributed by atoms with Crippen LogP contribution in [0, 0.1) is 5.82 Å². The van der Waals surface area contributed by atoms with Gasteiger partial charge in [-0.3, -0.25) is 9.59 Å². The summed E-state index contributed by atoms with van der Waals surface area (Å²) in [6, 6.07) is 17.3. The van der Waals surface area contributed by atoms with Crippen LogP contribution in [0.5, 0.6) is 5.75 Å². The summed E-state index contributed by atoms with van der Waals surface area (Å²) in [6.07, 6.45) is 0. The number of nitrogens with two attached hydrogens (primary N) is 1. The number of fused-ring (bicyclic) bond motifs is 3. The van der Waals surface area contributed by atoms with Gasteiger partial charge < -0.3 is 15.0 Å². The quantitative estimate of drug-likeness (QED) is 0.432. The first-order valence-electron chi connectivity index (χ1n) is 8.73. The second-order valence-electron chi connectivity index (χ2n) is 6.50. The molecule has 0 aliphatic carbocycles. The van der Waals surface area contributed by atoms with E-state index in [0.717, 1.165) is 5.56 Å². The van der Waals surface area contributed by atoms with Crippen molar-refractivity contribution < 1.29 is 18.7 Å². The van der Waals surface area contributed by atoms with Crippen LogP contribution in [-0.2, 0) is 11.3 Å². The Kier molecular flexibility index (Phi) is 4.31. The fourth-order valence-electron chi connectivity index (χ4n) is 3.58. The Hall–Kier alpha value is -3.67. The maximum Gasteiger partial charge on any atom is 0.308 e. The van der Waals surface area contributed by atoms with E-state index in [1.54, 1.807) is 22.8 Å². The van der Waals surface area contributed by atoms with Crippen LogP contribution in [0.25, 0.3) is 21.8 Å². The normalized spacial score (nSPS) is 11.1. The van der Waals surface area contributed by atoms with Gasteiger partial charge in [-0.15, -0.1) is 0 Å². The number of esters is 1. The van der Waals surface area contributed by atoms with E-state index in [9.17, 15) is 14.0 Å². The molecule has 4 rings (SSSR count). The lowest BCUT2D eigenvalue weighted by Gasteiger charge is -2.09. The van der Waals surface area contributed by atoms with Gasteiger partial charge in [-0.1, -0.05) is 36.4 Å². The number of carbonyl (C=O) groups is 2. The second-order valence-corrected chi connectivity index (χ2v) is 6.50. The van der Waals surface area contributed by atoms with Crippen LogP contribution in [-0.4, -0.2) is 16.4 Å². The SMILES string of the molecule is CC(=O)Oc1ccc(F)c2c1c1c(C(N)=O)cccc1n2Cc1ccccc1. The Morgan fingerprint density at radius 2 is 1.75 bits per heavy atom. The first kappa shape index (κ1) is 17.7. The lowest BCUT2D eigenvalue weighted by molar-refractivity contribution is -0.131. The van der Waals surface area contributed by atoms with Crippen LogP contribution in [0.2, 0.25) is 0 Å². The van der Waals surface area contributed by atoms with E-state index in [4.69, 9.17) is 10.5 Å². The summed E-state index contributed by atoms with van der Waals surface area (Å²) in [5, 5.41) is 0.826. The largest absolute Gasteiger partial charge is 0.426 e. The summed E-state index contributed by atoms with van der Waals surface area (Å²) in [6.45, 7) is 1.65. The van der Waals surface area contributed by atoms with Gasteiger partial charge in [-0.05, 0) is 29.8 Å². The van der Waals surface area contributed by atoms with Gasteiger partial charge in [0.05, 0.1) is 16.4 Å². The average molecular weight is 376 g/mol. The first-order chi connectivity index (χ1) is 13.5. The summed E-state index contributed by atoms with van der Waals surface area (Å²) in [5.74, 6) is -1.46. The highest BCUT2D eigenvalue weighted by molar-refractivity contribution is 6.20. The highest BCUT2D eigenvalue weighted by Gasteiger charge is 2.22. The van der Waals surface area contributed by atoms with E-state index >= 15 is 0 Å². The Bertz CT molecular complexity index is 1230. The molecule has 0 unspecified atom stereocenters. The van der Waals surface area contributed by atoms with Crippen LogP contribution in [0.15, 0.2) is 60.7 Å². The summed E-state index contributed by atoms with van der Waals surface area (Å²) in [5.41, 5.74) is 7.67. The van der Waals surface area contributed by atoms with Crippen molar-refractivity contribution in [2.45, 2.75) is 13.5 Å². The minimum atomic E-state index is -0.637. The number of primary amides is 1. The molecular weight excluding hydrogens is 359 g/mol. The Morgan fingerprint density at radius 1 is 1.00 bits per heavy atom. The molecule has 0 aliphatic heterocycles. The summed E-state index contributed by atoms with van der Waals surface area (Å²) >= 11 is 0. The van der Waals surface area contributed by atoms with Crippen molar-refractivity contribution in [1.29, 1.82) is 0 Å². The Balaban J connectivity index is 2.14. The number of hydrogen-bond donors (Lipinski definition) is 1. The van der Waals surface area contributed by atoms with E-state index in [1.165, 1.54) is 19.1 Å². The van der Waals surface area contributed by atoms with Crippen molar-refractivity contribution in [3.8, 4) is 5.75 Å². The first-order valence-corrected chi connectivity index (χ1v) is 8.73. The van der Waals surface area contributed by atoms with E-state index < -0.39 is 17.7 Å². The third-order valence-corrected chi connectivity index (χ3v) is 4.65. The maximum absolute atomic E-state index is 15.0. The minimum absolute atomic E-state index is 0.189. The number of halogens is 1. The van der Waals surface area contributed by atoms with Gasteiger partial charge in [0, 0.05) is 24.4 Å². The predicted octanol–water partition coefficient (Wildman–Crippen LogP) is 4.01. The van der Waals surface area contributed by atoms with Crippen LogP contribution in [0.4, 0.5) is 4.39 Å². The highest BCUT2D eigenvalue weighted by atomic mass is 19.1. The van der Waals surface area contributed by atoms with Crippen molar-refractivity contribution in [3.05, 3.63) is 77.6 Å². The number of benzene rings is 3. The molecule has 0 saturated heterocycles. The van der Waals surface area contributed by atoms with Crippen molar-refractivity contribution in [3.63, 3.8) is 0 Å². The molecule has 0 fully saturated rings. The molecule has 5 nitrogen and oxygen atoms in total. The van der Waals surface area contributed by atoms with E-state index in [2.05, 4.69) is 0 Å². The lowest BCUT2D eigenvalue weighted by atomic mass is 10.1. The molecule has 0 radical (unpaired) electrons. The smallest absolute Gasteiger partial charge is 0.308 e. The number of carbonyl (C=O) groups excluding carboxylic acids is 2. The third kappa shape index (κ3) is 2.89. The predicted molar refractivity (Wildman–Crippen MR) is 105 cm³/mol. The highest BCUT2D eigenvalue weighted by Crippen LogP contribution is 2.39. The fourth-order valence-corrected chi connectivity index (χ4v) is 3.58. The fraction of sp³-hybridized carbons (Fsp3) is 0.0909. The minimum Gasteiger partial charge on any atom is -0.426 e. The van der Waals surface area contributed by atoms with Crippen molar-refractivity contribution in [1.82, 2.24) is 4.57 Å². The van der Waals surface area contributed by atoms with Gasteiger partial charge in [0.1, 0.15) is 11.6 Å². The standard InChI is InChI=1S/C22H17FN2O3/c1-13(26)28-18-11-10-16(23)21-20(18)19-15(22(24)27)8-5-9-17(19)25(21)12-14-6-3-2-4-7-14/h2-11H,12H2,1H3,(H2,24,27). The molecule has 0 bridgehead atoms. The van der Waals surface area contributed by atoms with E-state index in [0.29, 0.717) is 22.8 Å². The number of aromatic nitrogens is 1. The molecular formula is C22H17FN2O3. The zero-order valence-electron chi connectivity index (χ0n) is 15.1. The number of hydrogen-bond acceptors (Lipinski definition) is 3. The molecule has 140 valence electrons. The number of nitrogens with zero attached hydrogens (tertiary/aromatic N) is 1. The summed E-state index contributed by atoms with van der Waals surface area (Å²) in [4.78, 5) is 23.6. The van der Waals surface area contributed by atoms with Gasteiger partial charge in [-0.2, -0.15) is 0 Å². The third-order valence-electron chi connectivity index (χ3n) is 4.65. The number of rotatable bonds is 4. The average Bonchev–Trinajstić information content (AvgIpc) is 3.00. The zero-order chi connectivity index (χ0) is 19.8. The molecule has 2 N–H and O–H groups in total. The molecule has 0 atom stereocenters. The summed E-state index contributed by atoms with van der Waals surface area (Å²) < 4.78 is 22.1. The van der Waals surface area contributed by atoms with Gasteiger partial charge in [0.2, 0.25) is 5.91 Å². The van der Waals surface area contributed by atoms with Gasteiger partial charge >= 0.3 is 5.97 Å². The maximum atomic E-state index is 15.0. The molecule has 6 heteroatoms. The molecule has 4 aromatic rings. The van der Waals surface area contributed by atoms with Crippen molar-refractivity contribution in [2.24, 2.45) is 5.73 Å². The van der Waals surface area contributed by atoms with Crippen LogP contribution in [0.1, 0.15) is 22.8 Å². The van der Waals surface area contributed by atoms with Crippen LogP contribution in [0.3, 0.4) is 0 Å². The topological polar surface area (TPSA) is 74.3 Å². The van der Waals surface area contributed by atoms with Crippen LogP contribution < -0.4 is 10.5 Å². The Labute approximate surface area is 160 Å².